The lowest BCUT2D eigenvalue weighted by molar-refractivity contribution is 0.602. The van der Waals surface area contributed by atoms with Crippen LogP contribution in [0, 0.1) is 0 Å². The van der Waals surface area contributed by atoms with E-state index in [1.165, 1.54) is 0 Å². The van der Waals surface area contributed by atoms with Gasteiger partial charge in [0.05, 0.1) is 5.01 Å². The van der Waals surface area contributed by atoms with Crippen LogP contribution in [0.4, 0.5) is 10.8 Å². The Hall–Kier alpha value is -1.19. The lowest BCUT2D eigenvalue weighted by Crippen LogP contribution is -2.11. The molecule has 19 heavy (non-hydrogen) atoms. The minimum atomic E-state index is -3.38. The van der Waals surface area contributed by atoms with Crippen molar-refractivity contribution in [2.24, 2.45) is 0 Å². The third-order valence-corrected chi connectivity index (χ3v) is 5.60. The van der Waals surface area contributed by atoms with Gasteiger partial charge in [-0.2, -0.15) is 4.37 Å². The fraction of sp³-hybridized carbons (Fsp3) is 0.400. The van der Waals surface area contributed by atoms with Gasteiger partial charge in [-0.05, 0) is 11.5 Å². The van der Waals surface area contributed by atoms with Crippen molar-refractivity contribution in [3.05, 3.63) is 16.6 Å². The zero-order valence-electron chi connectivity index (χ0n) is 10.5. The summed E-state index contributed by atoms with van der Waals surface area (Å²) < 4.78 is 27.2. The maximum Gasteiger partial charge on any atom is 0.182 e. The first-order valence-corrected chi connectivity index (χ1v) is 9.02. The standard InChI is InChI=1S/C10H14N4O2S3/c1-6(9-12-3-4-17-9)5-13-10-7(19(2,15)16)8(11)14-18-10/h3-4,6,13H,5H2,1-2H3,(H2,11,14). The van der Waals surface area contributed by atoms with E-state index in [2.05, 4.69) is 14.7 Å². The maximum atomic E-state index is 11.6. The molecule has 0 aromatic carbocycles. The summed E-state index contributed by atoms with van der Waals surface area (Å²) in [6.45, 7) is 2.61. The van der Waals surface area contributed by atoms with Gasteiger partial charge in [0.15, 0.2) is 15.7 Å². The average Bonchev–Trinajstić information content (AvgIpc) is 2.93. The van der Waals surface area contributed by atoms with Crippen LogP contribution in [0.15, 0.2) is 16.5 Å². The number of hydrogen-bond acceptors (Lipinski definition) is 8. The van der Waals surface area contributed by atoms with E-state index in [0.717, 1.165) is 22.8 Å². The summed E-state index contributed by atoms with van der Waals surface area (Å²) in [5.74, 6) is 0.243. The van der Waals surface area contributed by atoms with Gasteiger partial charge < -0.3 is 11.1 Å². The number of thiazole rings is 1. The second-order valence-electron chi connectivity index (χ2n) is 4.15. The summed E-state index contributed by atoms with van der Waals surface area (Å²) in [5.41, 5.74) is 5.60. The Bertz CT molecular complexity index is 648. The number of hydrogen-bond donors (Lipinski definition) is 2. The lowest BCUT2D eigenvalue weighted by atomic mass is 10.2. The van der Waals surface area contributed by atoms with Crippen molar-refractivity contribution in [3.63, 3.8) is 0 Å². The first kappa shape index (κ1) is 14.2. The summed E-state index contributed by atoms with van der Waals surface area (Å²) in [6.07, 6.45) is 2.88. The third-order valence-electron chi connectivity index (χ3n) is 2.49. The summed E-state index contributed by atoms with van der Waals surface area (Å²) in [6, 6.07) is 0. The molecule has 3 N–H and O–H groups in total. The van der Waals surface area contributed by atoms with Crippen molar-refractivity contribution in [1.82, 2.24) is 9.36 Å². The van der Waals surface area contributed by atoms with Gasteiger partial charge >= 0.3 is 0 Å². The Balaban J connectivity index is 2.13. The Morgan fingerprint density at radius 3 is 2.84 bits per heavy atom. The predicted octanol–water partition coefficient (Wildman–Crippen LogP) is 1.80. The fourth-order valence-corrected chi connectivity index (χ4v) is 4.35. The number of anilines is 2. The molecule has 0 saturated heterocycles. The van der Waals surface area contributed by atoms with Crippen LogP contribution >= 0.6 is 22.9 Å². The van der Waals surface area contributed by atoms with E-state index >= 15 is 0 Å². The molecule has 0 aliphatic heterocycles. The molecule has 0 spiro atoms. The number of aromatic nitrogens is 2. The fourth-order valence-electron chi connectivity index (χ4n) is 1.58. The molecule has 0 fully saturated rings. The van der Waals surface area contributed by atoms with Crippen LogP contribution in [0.1, 0.15) is 17.8 Å². The van der Waals surface area contributed by atoms with Gasteiger partial charge in [-0.3, -0.25) is 0 Å². The first-order chi connectivity index (χ1) is 8.89. The summed E-state index contributed by atoms with van der Waals surface area (Å²) in [7, 11) is -3.38. The molecule has 0 bridgehead atoms. The minimum absolute atomic E-state index is 0.0527. The van der Waals surface area contributed by atoms with Gasteiger partial charge in [0, 0.05) is 30.3 Å². The number of nitrogens with zero attached hydrogens (tertiary/aromatic N) is 2. The predicted molar refractivity (Wildman–Crippen MR) is 78.7 cm³/mol. The van der Waals surface area contributed by atoms with Gasteiger partial charge in [-0.25, -0.2) is 13.4 Å². The highest BCUT2D eigenvalue weighted by Crippen LogP contribution is 2.32. The molecular weight excluding hydrogens is 304 g/mol. The first-order valence-electron chi connectivity index (χ1n) is 5.48. The normalized spacial score (nSPS) is 13.4. The largest absolute Gasteiger partial charge is 0.382 e. The molecule has 0 saturated carbocycles. The van der Waals surface area contributed by atoms with E-state index in [4.69, 9.17) is 5.73 Å². The van der Waals surface area contributed by atoms with Crippen LogP contribution in [-0.4, -0.2) is 30.6 Å². The van der Waals surface area contributed by atoms with Crippen molar-refractivity contribution in [2.75, 3.05) is 23.9 Å². The van der Waals surface area contributed by atoms with Crippen LogP contribution in [-0.2, 0) is 9.84 Å². The number of nitrogens with two attached hydrogens (primary N) is 1. The van der Waals surface area contributed by atoms with Crippen molar-refractivity contribution in [2.45, 2.75) is 17.7 Å². The van der Waals surface area contributed by atoms with Gasteiger partial charge in [0.1, 0.15) is 9.90 Å². The summed E-state index contributed by atoms with van der Waals surface area (Å²) in [4.78, 5) is 4.32. The highest BCUT2D eigenvalue weighted by molar-refractivity contribution is 7.91. The zero-order valence-corrected chi connectivity index (χ0v) is 12.9. The zero-order chi connectivity index (χ0) is 14.0. The molecule has 2 rings (SSSR count). The highest BCUT2D eigenvalue weighted by Gasteiger charge is 2.21. The molecular formula is C10H14N4O2S3. The number of sulfone groups is 1. The van der Waals surface area contributed by atoms with Crippen LogP contribution in [0.3, 0.4) is 0 Å². The molecule has 6 nitrogen and oxygen atoms in total. The molecule has 1 atom stereocenters. The second kappa shape index (κ2) is 5.43. The monoisotopic (exact) mass is 318 g/mol. The summed E-state index contributed by atoms with van der Waals surface area (Å²) >= 11 is 2.63. The van der Waals surface area contributed by atoms with E-state index in [9.17, 15) is 8.42 Å². The van der Waals surface area contributed by atoms with Gasteiger partial charge in [0.2, 0.25) is 0 Å². The number of nitrogens with one attached hydrogen (secondary N) is 1. The number of nitrogen functional groups attached to an aromatic ring is 1. The molecule has 2 aromatic rings. The Labute approximate surface area is 119 Å². The Morgan fingerprint density at radius 1 is 1.53 bits per heavy atom. The Morgan fingerprint density at radius 2 is 2.26 bits per heavy atom. The van der Waals surface area contributed by atoms with Crippen LogP contribution in [0.2, 0.25) is 0 Å². The van der Waals surface area contributed by atoms with Crippen LogP contribution < -0.4 is 11.1 Å². The molecule has 1 unspecified atom stereocenters. The van der Waals surface area contributed by atoms with E-state index in [1.54, 1.807) is 17.5 Å². The Kier molecular flexibility index (Phi) is 4.07. The van der Waals surface area contributed by atoms with Crippen molar-refractivity contribution in [3.8, 4) is 0 Å². The van der Waals surface area contributed by atoms with E-state index in [-0.39, 0.29) is 16.6 Å². The van der Waals surface area contributed by atoms with Crippen molar-refractivity contribution < 1.29 is 8.42 Å². The lowest BCUT2D eigenvalue weighted by Gasteiger charge is -2.10. The molecule has 0 radical (unpaired) electrons. The SMILES string of the molecule is CC(CNc1snc(N)c1S(C)(=O)=O)c1nccs1. The minimum Gasteiger partial charge on any atom is -0.382 e. The van der Waals surface area contributed by atoms with Gasteiger partial charge in [0.25, 0.3) is 0 Å². The van der Waals surface area contributed by atoms with Gasteiger partial charge in [-0.1, -0.05) is 6.92 Å². The molecule has 104 valence electrons. The quantitative estimate of drug-likeness (QED) is 0.872. The molecule has 2 heterocycles. The maximum absolute atomic E-state index is 11.6. The molecule has 0 aliphatic carbocycles. The highest BCUT2D eigenvalue weighted by atomic mass is 32.2. The van der Waals surface area contributed by atoms with Crippen molar-refractivity contribution in [1.29, 1.82) is 0 Å². The number of rotatable bonds is 5. The molecule has 0 amide bonds. The third kappa shape index (κ3) is 3.23. The van der Waals surface area contributed by atoms with E-state index in [1.807, 2.05) is 12.3 Å². The van der Waals surface area contributed by atoms with Gasteiger partial charge in [-0.15, -0.1) is 11.3 Å². The molecule has 2 aromatic heterocycles. The summed E-state index contributed by atoms with van der Waals surface area (Å²) in [5, 5.41) is 6.50. The molecule has 9 heteroatoms. The smallest absolute Gasteiger partial charge is 0.182 e. The van der Waals surface area contributed by atoms with E-state index in [0.29, 0.717) is 11.5 Å². The van der Waals surface area contributed by atoms with E-state index < -0.39 is 9.84 Å². The van der Waals surface area contributed by atoms with Crippen LogP contribution in [0.5, 0.6) is 0 Å². The molecule has 0 aliphatic rings. The van der Waals surface area contributed by atoms with Crippen molar-refractivity contribution >= 4 is 43.5 Å². The topological polar surface area (TPSA) is 98.0 Å². The van der Waals surface area contributed by atoms with Crippen LogP contribution in [0.25, 0.3) is 0 Å². The second-order valence-corrected chi connectivity index (χ2v) is 7.80. The average molecular weight is 318 g/mol.